The van der Waals surface area contributed by atoms with Crippen LogP contribution in [-0.2, 0) is 5.60 Å². The van der Waals surface area contributed by atoms with E-state index in [1.54, 1.807) is 0 Å². The van der Waals surface area contributed by atoms with Gasteiger partial charge in [-0.25, -0.2) is 0 Å². The van der Waals surface area contributed by atoms with Gasteiger partial charge in [0.2, 0.25) is 0 Å². The molecule has 0 unspecified atom stereocenters. The van der Waals surface area contributed by atoms with Crippen molar-refractivity contribution >= 4 is 0 Å². The molecule has 0 fully saturated rings. The number of hydrogen-bond acceptors (Lipinski definition) is 3. The summed E-state index contributed by atoms with van der Waals surface area (Å²) in [5, 5.41) is 11.2. The second kappa shape index (κ2) is 11.7. The molecule has 5 rings (SSSR count). The molecule has 2 aromatic carbocycles. The molecule has 0 aliphatic carbocycles. The average Bonchev–Trinajstić information content (AvgIpc) is 2.79. The van der Waals surface area contributed by atoms with E-state index in [1.807, 2.05) is 48.5 Å². The fraction of sp³-hybridized carbons (Fsp3) is 0.481. The normalized spacial score (nSPS) is 18.7. The molecule has 2 aromatic rings. The number of hydrogen-bond donors (Lipinski definition) is 1. The third kappa shape index (κ3) is 6.28. The quantitative estimate of drug-likeness (QED) is 0.527. The summed E-state index contributed by atoms with van der Waals surface area (Å²) in [5.74, 6) is 4.17. The smallest absolute Gasteiger partial charge is 0.176 e. The number of rotatable bonds is 0. The van der Waals surface area contributed by atoms with E-state index >= 15 is 0 Å². The van der Waals surface area contributed by atoms with Gasteiger partial charge >= 0.3 is 0 Å². The van der Waals surface area contributed by atoms with Crippen LogP contribution in [0.4, 0.5) is 0 Å². The summed E-state index contributed by atoms with van der Waals surface area (Å²) in [6.07, 6.45) is 18.2. The van der Waals surface area contributed by atoms with Gasteiger partial charge in [-0.1, -0.05) is 81.6 Å². The minimum atomic E-state index is -1.48. The summed E-state index contributed by atoms with van der Waals surface area (Å²) in [7, 11) is 0. The van der Waals surface area contributed by atoms with Crippen molar-refractivity contribution in [2.75, 3.05) is 13.2 Å². The Morgan fingerprint density at radius 1 is 0.600 bits per heavy atom. The van der Waals surface area contributed by atoms with Crippen LogP contribution in [0.2, 0.25) is 0 Å². The molecule has 0 atom stereocenters. The van der Waals surface area contributed by atoms with Crippen LogP contribution in [0.3, 0.4) is 0 Å². The third-order valence-electron chi connectivity index (χ3n) is 5.83. The van der Waals surface area contributed by atoms with E-state index in [2.05, 4.69) is 5.92 Å². The molecular weight excluding hydrogens is 372 g/mol. The topological polar surface area (TPSA) is 38.7 Å². The van der Waals surface area contributed by atoms with Crippen molar-refractivity contribution < 1.29 is 14.6 Å². The lowest BCUT2D eigenvalue weighted by molar-refractivity contribution is 0.145. The van der Waals surface area contributed by atoms with E-state index in [-0.39, 0.29) is 0 Å². The molecule has 3 heteroatoms. The molecule has 160 valence electrons. The fourth-order valence-electron chi connectivity index (χ4n) is 3.92. The van der Waals surface area contributed by atoms with Gasteiger partial charge in [0.1, 0.15) is 11.5 Å². The lowest BCUT2D eigenvalue weighted by atomic mass is 9.87. The Morgan fingerprint density at radius 3 is 1.27 bits per heavy atom. The monoisotopic (exact) mass is 406 g/mol. The Hall–Kier alpha value is -2.44. The summed E-state index contributed by atoms with van der Waals surface area (Å²) in [6.45, 7) is 1.44. The van der Waals surface area contributed by atoms with Crippen molar-refractivity contribution in [2.24, 2.45) is 0 Å². The molecular formula is C27H34O3. The van der Waals surface area contributed by atoms with E-state index in [1.165, 1.54) is 51.4 Å². The van der Waals surface area contributed by atoms with Gasteiger partial charge in [-0.15, -0.1) is 6.42 Å². The highest BCUT2D eigenvalue weighted by molar-refractivity contribution is 5.46. The zero-order chi connectivity index (χ0) is 21.1. The molecule has 0 spiro atoms. The molecule has 4 bridgehead atoms. The lowest BCUT2D eigenvalue weighted by Gasteiger charge is -2.24. The van der Waals surface area contributed by atoms with E-state index in [4.69, 9.17) is 15.9 Å². The van der Waals surface area contributed by atoms with Crippen LogP contribution in [0.25, 0.3) is 0 Å². The van der Waals surface area contributed by atoms with Crippen molar-refractivity contribution in [1.29, 1.82) is 0 Å². The number of fused-ring (bicyclic) bond motifs is 2. The Kier molecular flexibility index (Phi) is 8.66. The van der Waals surface area contributed by atoms with Gasteiger partial charge in [0.15, 0.2) is 5.60 Å². The number of aliphatic hydroxyl groups is 1. The Labute approximate surface area is 181 Å². The van der Waals surface area contributed by atoms with Crippen molar-refractivity contribution in [1.82, 2.24) is 0 Å². The Balaban J connectivity index is 1.71. The zero-order valence-corrected chi connectivity index (χ0v) is 17.9. The van der Waals surface area contributed by atoms with Gasteiger partial charge in [-0.2, -0.15) is 0 Å². The first-order valence-corrected chi connectivity index (χ1v) is 11.4. The first-order valence-electron chi connectivity index (χ1n) is 11.4. The van der Waals surface area contributed by atoms with Crippen molar-refractivity contribution in [3.63, 3.8) is 0 Å². The number of benzene rings is 2. The summed E-state index contributed by atoms with van der Waals surface area (Å²) >= 11 is 0. The van der Waals surface area contributed by atoms with Crippen LogP contribution >= 0.6 is 0 Å². The van der Waals surface area contributed by atoms with E-state index in [0.29, 0.717) is 11.1 Å². The summed E-state index contributed by atoms with van der Waals surface area (Å²) in [5.41, 5.74) is -0.166. The van der Waals surface area contributed by atoms with Crippen molar-refractivity contribution in [3.05, 3.63) is 59.7 Å². The van der Waals surface area contributed by atoms with E-state index in [0.717, 1.165) is 37.6 Å². The maximum absolute atomic E-state index is 11.2. The van der Waals surface area contributed by atoms with Crippen molar-refractivity contribution in [3.8, 4) is 23.8 Å². The molecule has 3 nitrogen and oxygen atoms in total. The maximum Gasteiger partial charge on any atom is 0.176 e. The summed E-state index contributed by atoms with van der Waals surface area (Å²) < 4.78 is 11.7. The number of terminal acetylenes is 1. The van der Waals surface area contributed by atoms with Crippen LogP contribution in [0, 0.1) is 12.3 Å². The molecule has 0 saturated carbocycles. The predicted octanol–water partition coefficient (Wildman–Crippen LogP) is 6.23. The van der Waals surface area contributed by atoms with Crippen LogP contribution in [0.1, 0.15) is 75.3 Å². The third-order valence-corrected chi connectivity index (χ3v) is 5.83. The first-order chi connectivity index (χ1) is 14.7. The minimum absolute atomic E-state index is 0.657. The average molecular weight is 407 g/mol. The summed E-state index contributed by atoms with van der Waals surface area (Å²) in [6, 6.07) is 14.9. The summed E-state index contributed by atoms with van der Waals surface area (Å²) in [4.78, 5) is 0. The molecule has 0 aromatic heterocycles. The molecule has 30 heavy (non-hydrogen) atoms. The molecule has 3 heterocycles. The highest BCUT2D eigenvalue weighted by atomic mass is 16.5. The lowest BCUT2D eigenvalue weighted by Crippen LogP contribution is -2.24. The highest BCUT2D eigenvalue weighted by Gasteiger charge is 2.29. The molecule has 3 aliphatic rings. The maximum atomic E-state index is 11.2. The first kappa shape index (κ1) is 22.2. The van der Waals surface area contributed by atoms with Crippen LogP contribution in [-0.4, -0.2) is 18.3 Å². The second-order valence-corrected chi connectivity index (χ2v) is 8.14. The van der Waals surface area contributed by atoms with Gasteiger partial charge < -0.3 is 14.6 Å². The predicted molar refractivity (Wildman–Crippen MR) is 122 cm³/mol. The molecule has 0 amide bonds. The molecule has 3 aliphatic heterocycles. The molecule has 0 radical (unpaired) electrons. The van der Waals surface area contributed by atoms with Crippen molar-refractivity contribution in [2.45, 2.75) is 69.8 Å². The van der Waals surface area contributed by atoms with Gasteiger partial charge in [-0.3, -0.25) is 0 Å². The molecule has 0 saturated heterocycles. The van der Waals surface area contributed by atoms with Crippen LogP contribution in [0.5, 0.6) is 11.5 Å². The van der Waals surface area contributed by atoms with Gasteiger partial charge in [0.05, 0.1) is 13.2 Å². The highest BCUT2D eigenvalue weighted by Crippen LogP contribution is 2.31. The van der Waals surface area contributed by atoms with E-state index < -0.39 is 5.60 Å². The van der Waals surface area contributed by atoms with Crippen LogP contribution in [0.15, 0.2) is 48.5 Å². The fourth-order valence-corrected chi connectivity index (χ4v) is 3.92. The largest absolute Gasteiger partial charge is 0.494 e. The van der Waals surface area contributed by atoms with Gasteiger partial charge in [0, 0.05) is 11.1 Å². The van der Waals surface area contributed by atoms with E-state index in [9.17, 15) is 5.11 Å². The molecule has 1 N–H and O–H groups in total. The number of ether oxygens (including phenoxy) is 2. The zero-order valence-electron chi connectivity index (χ0n) is 17.9. The van der Waals surface area contributed by atoms with Crippen LogP contribution < -0.4 is 9.47 Å². The SMILES string of the molecule is C#CC1(O)c2ccc(cc2)OCCCCCCCCCCCCOc2ccc1cc2. The standard InChI is InChI=1S/C27H34O3/c1-2-27(28)23-13-17-25(18-14-23)29-21-11-9-7-5-3-4-6-8-10-12-22-30-26-19-15-24(27)16-20-26/h1,13-20,28H,3-12,21-22H2. The Bertz CT molecular complexity index is 727. The van der Waals surface area contributed by atoms with Gasteiger partial charge in [-0.05, 0) is 37.1 Å². The Morgan fingerprint density at radius 2 is 0.933 bits per heavy atom. The van der Waals surface area contributed by atoms with Gasteiger partial charge in [0.25, 0.3) is 0 Å². The minimum Gasteiger partial charge on any atom is -0.494 e. The second-order valence-electron chi connectivity index (χ2n) is 8.14.